The number of rotatable bonds is 5. The first-order chi connectivity index (χ1) is 14.2. The number of hydrogen-bond donors (Lipinski definition) is 0. The van der Waals surface area contributed by atoms with Gasteiger partial charge in [-0.15, -0.1) is 0 Å². The van der Waals surface area contributed by atoms with Crippen molar-refractivity contribution in [3.8, 4) is 23.1 Å². The van der Waals surface area contributed by atoms with E-state index in [0.717, 1.165) is 17.5 Å². The molecule has 0 aliphatic heterocycles. The summed E-state index contributed by atoms with van der Waals surface area (Å²) in [7, 11) is 2.97. The van der Waals surface area contributed by atoms with Crippen LogP contribution in [0.15, 0.2) is 37.2 Å². The summed E-state index contributed by atoms with van der Waals surface area (Å²) in [6, 6.07) is 2.07. The van der Waals surface area contributed by atoms with Crippen LogP contribution in [0.25, 0.3) is 16.9 Å². The van der Waals surface area contributed by atoms with Gasteiger partial charge >= 0.3 is 6.01 Å². The van der Waals surface area contributed by atoms with Gasteiger partial charge in [-0.25, -0.2) is 19.9 Å². The Bertz CT molecular complexity index is 1200. The molecule has 0 unspecified atom stereocenters. The number of imidazole rings is 1. The van der Waals surface area contributed by atoms with Gasteiger partial charge in [0.05, 0.1) is 31.7 Å². The van der Waals surface area contributed by atoms with E-state index >= 15 is 0 Å². The van der Waals surface area contributed by atoms with Crippen LogP contribution in [0.5, 0.6) is 11.9 Å². The molecule has 0 aromatic carbocycles. The standard InChI is InChI=1S/C19H16FN7O2/c1-28-18-14(7-24-19(25-18)29-2)15-4-13(17-23-8-16(20)27(17)26-15)12-3-11(12)10-5-21-9-22-6-10/h4-9,11-12H,3H2,1-2H3/t11-,12+/m1/s1. The lowest BCUT2D eigenvalue weighted by Gasteiger charge is -2.10. The summed E-state index contributed by atoms with van der Waals surface area (Å²) in [6.07, 6.45) is 8.74. The smallest absolute Gasteiger partial charge is 0.319 e. The normalized spacial score (nSPS) is 18.0. The maximum atomic E-state index is 14.4. The maximum absolute atomic E-state index is 14.4. The minimum atomic E-state index is -0.545. The summed E-state index contributed by atoms with van der Waals surface area (Å²) in [4.78, 5) is 20.7. The van der Waals surface area contributed by atoms with E-state index in [4.69, 9.17) is 9.47 Å². The van der Waals surface area contributed by atoms with E-state index in [1.807, 2.05) is 18.5 Å². The Morgan fingerprint density at radius 1 is 1.03 bits per heavy atom. The SMILES string of the molecule is COc1ncc(-c2cc([C@H]3C[C@@H]3c3cncnc3)c3ncc(F)n3n2)c(OC)n1. The first-order valence-electron chi connectivity index (χ1n) is 8.94. The third kappa shape index (κ3) is 2.93. The average Bonchev–Trinajstić information content (AvgIpc) is 3.49. The Kier molecular flexibility index (Phi) is 4.04. The van der Waals surface area contributed by atoms with E-state index in [9.17, 15) is 4.39 Å². The fraction of sp³-hybridized carbons (Fsp3) is 0.263. The van der Waals surface area contributed by atoms with Crippen molar-refractivity contribution in [2.24, 2.45) is 0 Å². The Balaban J connectivity index is 1.63. The molecule has 9 nitrogen and oxygen atoms in total. The first kappa shape index (κ1) is 17.4. The van der Waals surface area contributed by atoms with Gasteiger partial charge in [-0.2, -0.15) is 19.0 Å². The summed E-state index contributed by atoms with van der Waals surface area (Å²) < 4.78 is 26.0. The second-order valence-corrected chi connectivity index (χ2v) is 6.70. The van der Waals surface area contributed by atoms with Crippen molar-refractivity contribution < 1.29 is 13.9 Å². The molecule has 29 heavy (non-hydrogen) atoms. The highest BCUT2D eigenvalue weighted by atomic mass is 19.1. The number of hydrogen-bond acceptors (Lipinski definition) is 8. The molecule has 0 N–H and O–H groups in total. The van der Waals surface area contributed by atoms with E-state index in [1.165, 1.54) is 31.3 Å². The molecule has 4 aromatic heterocycles. The van der Waals surface area contributed by atoms with Crippen LogP contribution in [0, 0.1) is 5.95 Å². The second-order valence-electron chi connectivity index (χ2n) is 6.70. The minimum absolute atomic E-state index is 0.164. The van der Waals surface area contributed by atoms with Crippen LogP contribution in [0.3, 0.4) is 0 Å². The van der Waals surface area contributed by atoms with Gasteiger partial charge in [0.15, 0.2) is 5.65 Å². The van der Waals surface area contributed by atoms with Gasteiger partial charge in [-0.05, 0) is 29.9 Å². The van der Waals surface area contributed by atoms with Gasteiger partial charge in [0.1, 0.15) is 6.33 Å². The molecule has 0 amide bonds. The van der Waals surface area contributed by atoms with Crippen LogP contribution in [0.1, 0.15) is 29.4 Å². The molecule has 0 saturated heterocycles. The Morgan fingerprint density at radius 2 is 1.86 bits per heavy atom. The van der Waals surface area contributed by atoms with Crippen molar-refractivity contribution in [1.82, 2.24) is 34.5 Å². The van der Waals surface area contributed by atoms with Crippen LogP contribution < -0.4 is 9.47 Å². The molecule has 1 aliphatic rings. The number of ether oxygens (including phenoxy) is 2. The lowest BCUT2D eigenvalue weighted by molar-refractivity contribution is 0.353. The Morgan fingerprint density at radius 3 is 2.62 bits per heavy atom. The highest BCUT2D eigenvalue weighted by Crippen LogP contribution is 2.55. The molecule has 5 rings (SSSR count). The van der Waals surface area contributed by atoms with E-state index in [1.54, 1.807) is 6.20 Å². The predicted molar refractivity (Wildman–Crippen MR) is 99.2 cm³/mol. The molecule has 0 spiro atoms. The molecule has 1 saturated carbocycles. The molecular weight excluding hydrogens is 377 g/mol. The van der Waals surface area contributed by atoms with Crippen molar-refractivity contribution in [2.45, 2.75) is 18.3 Å². The molecule has 146 valence electrons. The van der Waals surface area contributed by atoms with Crippen LogP contribution in [0.2, 0.25) is 0 Å². The number of halogens is 1. The fourth-order valence-electron chi connectivity index (χ4n) is 3.56. The quantitative estimate of drug-likeness (QED) is 0.510. The van der Waals surface area contributed by atoms with E-state index in [2.05, 4.69) is 30.0 Å². The molecule has 1 aliphatic carbocycles. The lowest BCUT2D eigenvalue weighted by atomic mass is 10.1. The maximum Gasteiger partial charge on any atom is 0.319 e. The van der Waals surface area contributed by atoms with Gasteiger partial charge in [0, 0.05) is 24.2 Å². The van der Waals surface area contributed by atoms with Crippen LogP contribution in [0.4, 0.5) is 4.39 Å². The first-order valence-corrected chi connectivity index (χ1v) is 8.94. The Labute approximate surface area is 164 Å². The largest absolute Gasteiger partial charge is 0.480 e. The molecule has 4 aromatic rings. The summed E-state index contributed by atoms with van der Waals surface area (Å²) in [5.74, 6) is 0.164. The number of nitrogens with zero attached hydrogens (tertiary/aromatic N) is 7. The molecule has 1 fully saturated rings. The van der Waals surface area contributed by atoms with Crippen molar-refractivity contribution in [3.05, 3.63) is 54.3 Å². The van der Waals surface area contributed by atoms with Gasteiger partial charge in [-0.1, -0.05) is 0 Å². The topological polar surface area (TPSA) is 100 Å². The molecule has 4 heterocycles. The van der Waals surface area contributed by atoms with Crippen LogP contribution in [-0.2, 0) is 0 Å². The number of fused-ring (bicyclic) bond motifs is 1. The van der Waals surface area contributed by atoms with Crippen LogP contribution >= 0.6 is 0 Å². The minimum Gasteiger partial charge on any atom is -0.480 e. The van der Waals surface area contributed by atoms with E-state index in [0.29, 0.717) is 22.8 Å². The summed E-state index contributed by atoms with van der Waals surface area (Å²) in [5, 5.41) is 4.39. The zero-order chi connectivity index (χ0) is 20.0. The average molecular weight is 393 g/mol. The van der Waals surface area contributed by atoms with E-state index in [-0.39, 0.29) is 17.8 Å². The summed E-state index contributed by atoms with van der Waals surface area (Å²) in [6.45, 7) is 0. The van der Waals surface area contributed by atoms with Crippen molar-refractivity contribution in [1.29, 1.82) is 0 Å². The molecule has 10 heteroatoms. The van der Waals surface area contributed by atoms with Crippen molar-refractivity contribution in [2.75, 3.05) is 14.2 Å². The summed E-state index contributed by atoms with van der Waals surface area (Å²) >= 11 is 0. The second kappa shape index (κ2) is 6.73. The van der Waals surface area contributed by atoms with Crippen molar-refractivity contribution in [3.63, 3.8) is 0 Å². The molecular formula is C19H16FN7O2. The Hall–Kier alpha value is -3.69. The molecule has 0 bridgehead atoms. The fourth-order valence-corrected chi connectivity index (χ4v) is 3.56. The van der Waals surface area contributed by atoms with E-state index < -0.39 is 5.95 Å². The molecule has 0 radical (unpaired) electrons. The van der Waals surface area contributed by atoms with Gasteiger partial charge in [0.25, 0.3) is 0 Å². The highest BCUT2D eigenvalue weighted by molar-refractivity contribution is 5.68. The monoisotopic (exact) mass is 393 g/mol. The number of aromatic nitrogens is 7. The van der Waals surface area contributed by atoms with Gasteiger partial charge in [0.2, 0.25) is 11.8 Å². The summed E-state index contributed by atoms with van der Waals surface area (Å²) in [5.41, 5.74) is 3.45. The number of methoxy groups -OCH3 is 2. The third-order valence-corrected chi connectivity index (χ3v) is 5.04. The van der Waals surface area contributed by atoms with Gasteiger partial charge < -0.3 is 9.47 Å². The zero-order valence-electron chi connectivity index (χ0n) is 15.7. The molecule has 2 atom stereocenters. The van der Waals surface area contributed by atoms with Crippen LogP contribution in [-0.4, -0.2) is 48.8 Å². The zero-order valence-corrected chi connectivity index (χ0v) is 15.7. The van der Waals surface area contributed by atoms with Crippen molar-refractivity contribution >= 4 is 5.65 Å². The third-order valence-electron chi connectivity index (χ3n) is 5.04. The predicted octanol–water partition coefficient (Wildman–Crippen LogP) is 2.40. The lowest BCUT2D eigenvalue weighted by Crippen LogP contribution is -2.04. The van der Waals surface area contributed by atoms with Gasteiger partial charge in [-0.3, -0.25) is 0 Å². The highest BCUT2D eigenvalue weighted by Gasteiger charge is 2.42.